The molecule has 0 unspecified atom stereocenters. The van der Waals surface area contributed by atoms with Gasteiger partial charge in [-0.05, 0) is 0 Å². The number of aromatic nitrogens is 1. The van der Waals surface area contributed by atoms with Crippen LogP contribution in [-0.4, -0.2) is 4.98 Å². The van der Waals surface area contributed by atoms with Gasteiger partial charge in [-0.1, -0.05) is 0 Å². The third-order valence-corrected chi connectivity index (χ3v) is 1.70. The Kier molecular flexibility index (Phi) is 2.98. The molecule has 6 heteroatoms. The van der Waals surface area contributed by atoms with Crippen molar-refractivity contribution in [1.29, 1.82) is 0 Å². The Morgan fingerprint density at radius 1 is 1.54 bits per heavy atom. The van der Waals surface area contributed by atoms with Crippen LogP contribution in [0.25, 0.3) is 0 Å². The normalized spacial score (nSPS) is 10.8. The highest BCUT2D eigenvalue weighted by molar-refractivity contribution is 6.16. The Morgan fingerprint density at radius 3 is 2.62 bits per heavy atom. The Labute approximate surface area is 76.3 Å². The van der Waals surface area contributed by atoms with E-state index in [0.29, 0.717) is 6.07 Å². The summed E-state index contributed by atoms with van der Waals surface area (Å²) in [5.74, 6) is -1.46. The summed E-state index contributed by atoms with van der Waals surface area (Å²) < 4.78 is 36.9. The first-order valence-electron chi connectivity index (χ1n) is 3.32. The van der Waals surface area contributed by atoms with Crippen LogP contribution in [0, 0.1) is 5.82 Å². The lowest BCUT2D eigenvalue weighted by Gasteiger charge is -2.03. The summed E-state index contributed by atoms with van der Waals surface area (Å²) in [6.45, 7) is 0. The number of pyridine rings is 1. The van der Waals surface area contributed by atoms with Crippen LogP contribution in [-0.2, 0) is 5.88 Å². The minimum atomic E-state index is -2.84. The zero-order valence-corrected chi connectivity index (χ0v) is 7.04. The van der Waals surface area contributed by atoms with Crippen molar-refractivity contribution in [3.8, 4) is 0 Å². The zero-order chi connectivity index (χ0) is 10.0. The molecule has 0 bridgehead atoms. The fourth-order valence-corrected chi connectivity index (χ4v) is 1.01. The summed E-state index contributed by atoms with van der Waals surface area (Å²) in [6.07, 6.45) is -2.84. The van der Waals surface area contributed by atoms with Gasteiger partial charge in [0.1, 0.15) is 0 Å². The summed E-state index contributed by atoms with van der Waals surface area (Å²) in [6, 6.07) is 0.524. The van der Waals surface area contributed by atoms with Crippen LogP contribution in [0.1, 0.15) is 17.8 Å². The second kappa shape index (κ2) is 3.83. The molecule has 1 aromatic heterocycles. The number of rotatable bonds is 2. The van der Waals surface area contributed by atoms with Crippen LogP contribution in [0.2, 0.25) is 0 Å². The minimum Gasteiger partial charge on any atom is -0.354 e. The highest BCUT2D eigenvalue weighted by atomic mass is 35.5. The van der Waals surface area contributed by atoms with Gasteiger partial charge >= 0.3 is 0 Å². The molecule has 1 heterocycles. The lowest BCUT2D eigenvalue weighted by Crippen LogP contribution is -2.13. The Hall–Kier alpha value is -0.970. The second-order valence-electron chi connectivity index (χ2n) is 2.32. The average molecular weight is 212 g/mol. The van der Waals surface area contributed by atoms with Crippen LogP contribution in [0.3, 0.4) is 0 Å². The molecular weight excluding hydrogens is 207 g/mol. The Bertz CT molecular complexity index is 363. The van der Waals surface area contributed by atoms with Crippen LogP contribution in [0.15, 0.2) is 10.9 Å². The van der Waals surface area contributed by atoms with Gasteiger partial charge in [0.25, 0.3) is 6.43 Å². The van der Waals surface area contributed by atoms with Crippen LogP contribution in [0.4, 0.5) is 13.2 Å². The minimum absolute atomic E-state index is 0.315. The van der Waals surface area contributed by atoms with Crippen molar-refractivity contribution in [2.75, 3.05) is 0 Å². The number of aromatic amines is 1. The van der Waals surface area contributed by atoms with E-state index >= 15 is 0 Å². The zero-order valence-electron chi connectivity index (χ0n) is 6.28. The summed E-state index contributed by atoms with van der Waals surface area (Å²) >= 11 is 5.23. The monoisotopic (exact) mass is 211 g/mol. The first kappa shape index (κ1) is 10.1. The third-order valence-electron chi connectivity index (χ3n) is 1.43. The maximum absolute atomic E-state index is 12.8. The van der Waals surface area contributed by atoms with Gasteiger partial charge in [0.2, 0.25) is 5.43 Å². The second-order valence-corrected chi connectivity index (χ2v) is 2.58. The maximum Gasteiger partial charge on any atom is 0.278 e. The van der Waals surface area contributed by atoms with E-state index in [4.69, 9.17) is 11.6 Å². The molecule has 0 atom stereocenters. The van der Waals surface area contributed by atoms with E-state index in [0.717, 1.165) is 0 Å². The van der Waals surface area contributed by atoms with E-state index < -0.39 is 23.4 Å². The van der Waals surface area contributed by atoms with Gasteiger partial charge in [0.15, 0.2) is 5.82 Å². The number of hydrogen-bond acceptors (Lipinski definition) is 1. The molecule has 0 aliphatic carbocycles. The van der Waals surface area contributed by atoms with Crippen molar-refractivity contribution < 1.29 is 13.2 Å². The number of halogens is 4. The first-order chi connectivity index (χ1) is 6.06. The van der Waals surface area contributed by atoms with Crippen LogP contribution < -0.4 is 5.43 Å². The molecule has 13 heavy (non-hydrogen) atoms. The topological polar surface area (TPSA) is 32.9 Å². The molecule has 0 fully saturated rings. The van der Waals surface area contributed by atoms with Crippen molar-refractivity contribution in [3.05, 3.63) is 33.5 Å². The quantitative estimate of drug-likeness (QED) is 0.748. The molecular formula is C7H5ClF3NO. The maximum atomic E-state index is 12.8. The Morgan fingerprint density at radius 2 is 2.15 bits per heavy atom. The summed E-state index contributed by atoms with van der Waals surface area (Å²) in [5.41, 5.74) is -2.02. The van der Waals surface area contributed by atoms with Crippen LogP contribution >= 0.6 is 11.6 Å². The summed E-state index contributed by atoms with van der Waals surface area (Å²) in [7, 11) is 0. The molecule has 0 saturated heterocycles. The van der Waals surface area contributed by atoms with Crippen molar-refractivity contribution in [2.45, 2.75) is 12.3 Å². The molecule has 0 aliphatic rings. The van der Waals surface area contributed by atoms with Gasteiger partial charge in [-0.25, -0.2) is 13.2 Å². The smallest absolute Gasteiger partial charge is 0.278 e. The van der Waals surface area contributed by atoms with E-state index in [9.17, 15) is 18.0 Å². The predicted octanol–water partition coefficient (Wildman–Crippen LogP) is 2.19. The third kappa shape index (κ3) is 2.03. The number of alkyl halides is 3. The molecule has 1 aromatic rings. The molecule has 0 aromatic carbocycles. The van der Waals surface area contributed by atoms with Gasteiger partial charge in [-0.3, -0.25) is 4.79 Å². The van der Waals surface area contributed by atoms with Crippen molar-refractivity contribution in [1.82, 2.24) is 4.98 Å². The van der Waals surface area contributed by atoms with Gasteiger partial charge in [-0.15, -0.1) is 11.6 Å². The highest BCUT2D eigenvalue weighted by Crippen LogP contribution is 2.16. The highest BCUT2D eigenvalue weighted by Gasteiger charge is 2.13. The molecule has 1 N–H and O–H groups in total. The lowest BCUT2D eigenvalue weighted by atomic mass is 10.3. The molecule has 2 nitrogen and oxygen atoms in total. The van der Waals surface area contributed by atoms with E-state index in [-0.39, 0.29) is 11.6 Å². The van der Waals surface area contributed by atoms with E-state index in [1.54, 1.807) is 0 Å². The summed E-state index contributed by atoms with van der Waals surface area (Å²) in [4.78, 5) is 12.8. The van der Waals surface area contributed by atoms with Crippen molar-refractivity contribution in [3.63, 3.8) is 0 Å². The molecule has 0 amide bonds. The summed E-state index contributed by atoms with van der Waals surface area (Å²) in [5, 5.41) is 0. The molecule has 1 rings (SSSR count). The SMILES string of the molecule is O=c1cc(C(F)F)[nH]c(CCl)c1F. The van der Waals surface area contributed by atoms with E-state index in [1.807, 2.05) is 4.98 Å². The number of hydrogen-bond donors (Lipinski definition) is 1. The number of H-pyrrole nitrogens is 1. The first-order valence-corrected chi connectivity index (χ1v) is 3.85. The fraction of sp³-hybridized carbons (Fsp3) is 0.286. The van der Waals surface area contributed by atoms with Crippen LogP contribution in [0.5, 0.6) is 0 Å². The van der Waals surface area contributed by atoms with Crippen molar-refractivity contribution >= 4 is 11.6 Å². The molecule has 0 radical (unpaired) electrons. The van der Waals surface area contributed by atoms with Gasteiger partial charge in [0.05, 0.1) is 17.3 Å². The molecule has 0 saturated carbocycles. The predicted molar refractivity (Wildman–Crippen MR) is 41.5 cm³/mol. The Balaban J connectivity index is 3.31. The van der Waals surface area contributed by atoms with Gasteiger partial charge in [0, 0.05) is 6.07 Å². The van der Waals surface area contributed by atoms with Crippen molar-refractivity contribution in [2.24, 2.45) is 0 Å². The number of nitrogens with one attached hydrogen (secondary N) is 1. The standard InChI is InChI=1S/C7H5ClF3NO/c8-2-4-6(9)5(13)1-3(12-4)7(10)11/h1,7H,2H2,(H,12,13). The van der Waals surface area contributed by atoms with E-state index in [1.165, 1.54) is 0 Å². The molecule has 72 valence electrons. The van der Waals surface area contributed by atoms with Gasteiger partial charge in [-0.2, -0.15) is 0 Å². The largest absolute Gasteiger partial charge is 0.354 e. The van der Waals surface area contributed by atoms with E-state index in [2.05, 4.69) is 0 Å². The van der Waals surface area contributed by atoms with Gasteiger partial charge < -0.3 is 4.98 Å². The lowest BCUT2D eigenvalue weighted by molar-refractivity contribution is 0.145. The average Bonchev–Trinajstić information content (AvgIpc) is 2.09. The molecule has 0 aliphatic heterocycles. The molecule has 0 spiro atoms. The fourth-order valence-electron chi connectivity index (χ4n) is 0.828.